The summed E-state index contributed by atoms with van der Waals surface area (Å²) in [5.74, 6) is -1.28. The van der Waals surface area contributed by atoms with E-state index in [9.17, 15) is 14.0 Å². The third-order valence-electron chi connectivity index (χ3n) is 3.78. The summed E-state index contributed by atoms with van der Waals surface area (Å²) in [5.41, 5.74) is 0.201. The number of rotatable bonds is 4. The molecular weight excluding hydrogens is 309 g/mol. The van der Waals surface area contributed by atoms with Crippen LogP contribution in [0, 0.1) is 11.7 Å². The largest absolute Gasteiger partial charge is 0.466 e. The molecule has 1 fully saturated rings. The fraction of sp³-hybridized carbons (Fsp3) is 0.500. The molecule has 1 aliphatic rings. The second-order valence-electron chi connectivity index (χ2n) is 5.31. The van der Waals surface area contributed by atoms with Gasteiger partial charge in [-0.05, 0) is 31.9 Å². The van der Waals surface area contributed by atoms with Crippen molar-refractivity contribution in [2.75, 3.05) is 19.7 Å². The van der Waals surface area contributed by atoms with Gasteiger partial charge in [0, 0.05) is 23.7 Å². The van der Waals surface area contributed by atoms with Gasteiger partial charge in [0.05, 0.1) is 18.9 Å². The van der Waals surface area contributed by atoms with Gasteiger partial charge in [0.2, 0.25) is 5.91 Å². The summed E-state index contributed by atoms with van der Waals surface area (Å²) in [6.07, 6.45) is 1.35. The molecular formula is C16H19ClFNO3. The number of hydrogen-bond acceptors (Lipinski definition) is 3. The number of ether oxygens (including phenoxy) is 1. The maximum absolute atomic E-state index is 13.8. The Hall–Kier alpha value is -1.62. The lowest BCUT2D eigenvalue weighted by Crippen LogP contribution is -2.43. The van der Waals surface area contributed by atoms with Gasteiger partial charge in [0.1, 0.15) is 5.82 Å². The van der Waals surface area contributed by atoms with Crippen molar-refractivity contribution >= 4 is 23.5 Å². The zero-order valence-corrected chi connectivity index (χ0v) is 13.2. The average Bonchev–Trinajstić information content (AvgIpc) is 2.51. The number of likely N-dealkylation sites (tertiary alicyclic amines) is 1. The maximum Gasteiger partial charge on any atom is 0.310 e. The minimum absolute atomic E-state index is 0.0962. The van der Waals surface area contributed by atoms with Crippen molar-refractivity contribution in [2.24, 2.45) is 5.92 Å². The number of piperidine rings is 1. The topological polar surface area (TPSA) is 46.6 Å². The molecule has 0 unspecified atom stereocenters. The van der Waals surface area contributed by atoms with Gasteiger partial charge in [-0.1, -0.05) is 17.7 Å². The highest BCUT2D eigenvalue weighted by Crippen LogP contribution is 2.22. The number of carbonyl (C=O) groups is 2. The van der Waals surface area contributed by atoms with Crippen LogP contribution in [-0.4, -0.2) is 36.5 Å². The number of hydrogen-bond donors (Lipinski definition) is 0. The van der Waals surface area contributed by atoms with Crippen LogP contribution in [-0.2, 0) is 20.7 Å². The SMILES string of the molecule is CCOC(=O)[C@H]1CCCN(C(=O)Cc2c(F)cccc2Cl)C1. The number of halogens is 2. The molecule has 0 bridgehead atoms. The second kappa shape index (κ2) is 7.58. The summed E-state index contributed by atoms with van der Waals surface area (Å²) < 4.78 is 18.8. The zero-order chi connectivity index (χ0) is 16.1. The molecule has 1 heterocycles. The van der Waals surface area contributed by atoms with Gasteiger partial charge >= 0.3 is 5.97 Å². The Labute approximate surface area is 134 Å². The summed E-state index contributed by atoms with van der Waals surface area (Å²) in [6, 6.07) is 4.35. The van der Waals surface area contributed by atoms with Crippen LogP contribution in [0.15, 0.2) is 18.2 Å². The quantitative estimate of drug-likeness (QED) is 0.799. The number of amides is 1. The summed E-state index contributed by atoms with van der Waals surface area (Å²) in [6.45, 7) is 2.97. The lowest BCUT2D eigenvalue weighted by Gasteiger charge is -2.31. The van der Waals surface area contributed by atoms with Crippen molar-refractivity contribution in [3.05, 3.63) is 34.6 Å². The molecule has 22 heavy (non-hydrogen) atoms. The van der Waals surface area contributed by atoms with E-state index in [0.29, 0.717) is 26.1 Å². The first-order valence-corrected chi connectivity index (χ1v) is 7.78. The van der Waals surface area contributed by atoms with Crippen molar-refractivity contribution in [3.63, 3.8) is 0 Å². The number of carbonyl (C=O) groups excluding carboxylic acids is 2. The Morgan fingerprint density at radius 2 is 2.23 bits per heavy atom. The first-order chi connectivity index (χ1) is 10.5. The number of nitrogens with zero attached hydrogens (tertiary/aromatic N) is 1. The van der Waals surface area contributed by atoms with Crippen molar-refractivity contribution in [1.82, 2.24) is 4.90 Å². The van der Waals surface area contributed by atoms with E-state index in [1.54, 1.807) is 17.9 Å². The van der Waals surface area contributed by atoms with Crippen molar-refractivity contribution in [1.29, 1.82) is 0 Å². The second-order valence-corrected chi connectivity index (χ2v) is 5.72. The fourth-order valence-electron chi connectivity index (χ4n) is 2.62. The van der Waals surface area contributed by atoms with Gasteiger partial charge in [-0.15, -0.1) is 0 Å². The Morgan fingerprint density at radius 3 is 2.91 bits per heavy atom. The highest BCUT2D eigenvalue weighted by atomic mass is 35.5. The summed E-state index contributed by atoms with van der Waals surface area (Å²) in [4.78, 5) is 25.7. The molecule has 1 aromatic carbocycles. The zero-order valence-electron chi connectivity index (χ0n) is 12.5. The predicted octanol–water partition coefficient (Wildman–Crippen LogP) is 2.82. The van der Waals surface area contributed by atoms with E-state index in [2.05, 4.69) is 0 Å². The van der Waals surface area contributed by atoms with Crippen LogP contribution in [0.25, 0.3) is 0 Å². The van der Waals surface area contributed by atoms with Crippen molar-refractivity contribution in [2.45, 2.75) is 26.2 Å². The Balaban J connectivity index is 2.02. The van der Waals surface area contributed by atoms with Crippen LogP contribution in [0.2, 0.25) is 5.02 Å². The Kier molecular flexibility index (Phi) is 5.77. The molecule has 0 saturated carbocycles. The molecule has 4 nitrogen and oxygen atoms in total. The van der Waals surface area contributed by atoms with Crippen LogP contribution in [0.1, 0.15) is 25.3 Å². The highest BCUT2D eigenvalue weighted by molar-refractivity contribution is 6.31. The van der Waals surface area contributed by atoms with E-state index in [-0.39, 0.29) is 34.8 Å². The van der Waals surface area contributed by atoms with E-state index in [0.717, 1.165) is 6.42 Å². The molecule has 0 N–H and O–H groups in total. The van der Waals surface area contributed by atoms with Gasteiger partial charge in [0.25, 0.3) is 0 Å². The maximum atomic E-state index is 13.8. The molecule has 1 aromatic rings. The number of benzene rings is 1. The average molecular weight is 328 g/mol. The molecule has 1 atom stereocenters. The van der Waals surface area contributed by atoms with Gasteiger partial charge < -0.3 is 9.64 Å². The van der Waals surface area contributed by atoms with E-state index in [1.165, 1.54) is 12.1 Å². The highest BCUT2D eigenvalue weighted by Gasteiger charge is 2.29. The molecule has 0 spiro atoms. The summed E-state index contributed by atoms with van der Waals surface area (Å²) in [5, 5.41) is 0.243. The van der Waals surface area contributed by atoms with E-state index >= 15 is 0 Å². The lowest BCUT2D eigenvalue weighted by atomic mass is 9.97. The molecule has 1 aliphatic heterocycles. The normalized spacial score (nSPS) is 18.1. The van der Waals surface area contributed by atoms with Crippen LogP contribution < -0.4 is 0 Å². The van der Waals surface area contributed by atoms with Gasteiger partial charge in [0.15, 0.2) is 0 Å². The molecule has 6 heteroatoms. The minimum atomic E-state index is -0.486. The first-order valence-electron chi connectivity index (χ1n) is 7.40. The first kappa shape index (κ1) is 16.7. The van der Waals surface area contributed by atoms with E-state index in [4.69, 9.17) is 16.3 Å². The number of esters is 1. The fourth-order valence-corrected chi connectivity index (χ4v) is 2.85. The van der Waals surface area contributed by atoms with Crippen molar-refractivity contribution < 1.29 is 18.7 Å². The van der Waals surface area contributed by atoms with Crippen LogP contribution >= 0.6 is 11.6 Å². The van der Waals surface area contributed by atoms with Crippen LogP contribution in [0.4, 0.5) is 4.39 Å². The van der Waals surface area contributed by atoms with Crippen LogP contribution in [0.5, 0.6) is 0 Å². The van der Waals surface area contributed by atoms with Gasteiger partial charge in [-0.2, -0.15) is 0 Å². The smallest absolute Gasteiger partial charge is 0.310 e. The van der Waals surface area contributed by atoms with Gasteiger partial charge in [-0.25, -0.2) is 4.39 Å². The minimum Gasteiger partial charge on any atom is -0.466 e. The molecule has 0 radical (unpaired) electrons. The molecule has 1 amide bonds. The van der Waals surface area contributed by atoms with Crippen molar-refractivity contribution in [3.8, 4) is 0 Å². The standard InChI is InChI=1S/C16H19ClFNO3/c1-2-22-16(21)11-5-4-8-19(10-11)15(20)9-12-13(17)6-3-7-14(12)18/h3,6-7,11H,2,4-5,8-10H2,1H3/t11-/m0/s1. The van der Waals surface area contributed by atoms with E-state index in [1.807, 2.05) is 0 Å². The predicted molar refractivity (Wildman–Crippen MR) is 81.1 cm³/mol. The molecule has 1 saturated heterocycles. The summed E-state index contributed by atoms with van der Waals surface area (Å²) in [7, 11) is 0. The summed E-state index contributed by atoms with van der Waals surface area (Å²) >= 11 is 5.95. The molecule has 120 valence electrons. The van der Waals surface area contributed by atoms with E-state index < -0.39 is 5.82 Å². The molecule has 2 rings (SSSR count). The monoisotopic (exact) mass is 327 g/mol. The Bertz CT molecular complexity index is 544. The third-order valence-corrected chi connectivity index (χ3v) is 4.14. The lowest BCUT2D eigenvalue weighted by molar-refractivity contribution is -0.151. The molecule has 0 aliphatic carbocycles. The van der Waals surface area contributed by atoms with Crippen LogP contribution in [0.3, 0.4) is 0 Å². The molecule has 0 aromatic heterocycles. The van der Waals surface area contributed by atoms with Gasteiger partial charge in [-0.3, -0.25) is 9.59 Å². The third kappa shape index (κ3) is 3.97. The Morgan fingerprint density at radius 1 is 1.45 bits per heavy atom.